The topological polar surface area (TPSA) is 39.2 Å². The summed E-state index contributed by atoms with van der Waals surface area (Å²) in [6.45, 7) is 4.23. The van der Waals surface area contributed by atoms with Gasteiger partial charge in [-0.2, -0.15) is 11.8 Å². The maximum absolute atomic E-state index is 6.23. The summed E-state index contributed by atoms with van der Waals surface area (Å²) in [6, 6.07) is 10.5. The lowest BCUT2D eigenvalue weighted by molar-refractivity contribution is 0.530. The zero-order chi connectivity index (χ0) is 13.0. The minimum atomic E-state index is 0.0885. The van der Waals surface area contributed by atoms with Crippen molar-refractivity contribution in [2.24, 2.45) is 5.73 Å². The molecule has 1 unspecified atom stereocenters. The SMILES string of the molecule is Cc1ccc(C(N)CSCc2ccco2)c(C)c1. The average Bonchev–Trinajstić information content (AvgIpc) is 2.81. The van der Waals surface area contributed by atoms with Crippen molar-refractivity contribution >= 4 is 11.8 Å². The third-order valence-electron chi connectivity index (χ3n) is 2.95. The standard InChI is InChI=1S/C15H19NOS/c1-11-5-6-14(12(2)8-11)15(16)10-18-9-13-4-3-7-17-13/h3-8,15H,9-10,16H2,1-2H3. The molecule has 0 fully saturated rings. The molecule has 96 valence electrons. The fourth-order valence-corrected chi connectivity index (χ4v) is 2.93. The number of aryl methyl sites for hydroxylation is 2. The van der Waals surface area contributed by atoms with Gasteiger partial charge < -0.3 is 10.2 Å². The number of benzene rings is 1. The Morgan fingerprint density at radius 1 is 1.28 bits per heavy atom. The van der Waals surface area contributed by atoms with Crippen LogP contribution in [0.15, 0.2) is 41.0 Å². The van der Waals surface area contributed by atoms with Gasteiger partial charge in [-0.25, -0.2) is 0 Å². The molecule has 0 amide bonds. The van der Waals surface area contributed by atoms with Gasteiger partial charge in [-0.15, -0.1) is 0 Å². The Balaban J connectivity index is 1.89. The van der Waals surface area contributed by atoms with Crippen LogP contribution >= 0.6 is 11.8 Å². The molecular weight excluding hydrogens is 242 g/mol. The van der Waals surface area contributed by atoms with Crippen LogP contribution in [0.2, 0.25) is 0 Å². The third-order valence-corrected chi connectivity index (χ3v) is 4.03. The minimum Gasteiger partial charge on any atom is -0.468 e. The number of hydrogen-bond donors (Lipinski definition) is 1. The molecule has 0 saturated carbocycles. The van der Waals surface area contributed by atoms with Crippen LogP contribution in [0.25, 0.3) is 0 Å². The van der Waals surface area contributed by atoms with Gasteiger partial charge in [0.2, 0.25) is 0 Å². The van der Waals surface area contributed by atoms with Gasteiger partial charge in [0.25, 0.3) is 0 Å². The van der Waals surface area contributed by atoms with E-state index in [9.17, 15) is 0 Å². The normalized spacial score (nSPS) is 12.6. The summed E-state index contributed by atoms with van der Waals surface area (Å²) in [5.74, 6) is 2.80. The molecule has 0 aliphatic heterocycles. The van der Waals surface area contributed by atoms with E-state index in [1.807, 2.05) is 23.9 Å². The predicted octanol–water partition coefficient (Wildman–Crippen LogP) is 3.83. The lowest BCUT2D eigenvalue weighted by atomic mass is 10.0. The van der Waals surface area contributed by atoms with Gasteiger partial charge >= 0.3 is 0 Å². The van der Waals surface area contributed by atoms with Gasteiger partial charge in [0.05, 0.1) is 12.0 Å². The van der Waals surface area contributed by atoms with Crippen LogP contribution in [-0.2, 0) is 5.75 Å². The van der Waals surface area contributed by atoms with Crippen molar-refractivity contribution in [2.45, 2.75) is 25.6 Å². The molecule has 1 aromatic carbocycles. The van der Waals surface area contributed by atoms with Gasteiger partial charge in [-0.1, -0.05) is 23.8 Å². The molecular formula is C15H19NOS. The Kier molecular flexibility index (Phi) is 4.50. The summed E-state index contributed by atoms with van der Waals surface area (Å²) in [4.78, 5) is 0. The number of rotatable bonds is 5. The summed E-state index contributed by atoms with van der Waals surface area (Å²) in [6.07, 6.45) is 1.71. The first-order chi connectivity index (χ1) is 8.66. The largest absolute Gasteiger partial charge is 0.468 e. The first-order valence-corrected chi connectivity index (χ1v) is 7.25. The molecule has 1 atom stereocenters. The van der Waals surface area contributed by atoms with Crippen LogP contribution in [0.4, 0.5) is 0 Å². The van der Waals surface area contributed by atoms with Gasteiger partial charge in [0.1, 0.15) is 5.76 Å². The van der Waals surface area contributed by atoms with Gasteiger partial charge in [-0.3, -0.25) is 0 Å². The second-order valence-electron chi connectivity index (χ2n) is 4.56. The molecule has 2 rings (SSSR count). The number of nitrogens with two attached hydrogens (primary N) is 1. The number of furan rings is 1. The zero-order valence-electron chi connectivity index (χ0n) is 10.8. The molecule has 0 spiro atoms. The molecule has 0 bridgehead atoms. The lowest BCUT2D eigenvalue weighted by Gasteiger charge is -2.14. The molecule has 2 N–H and O–H groups in total. The van der Waals surface area contributed by atoms with Crippen molar-refractivity contribution in [3.63, 3.8) is 0 Å². The second-order valence-corrected chi connectivity index (χ2v) is 5.59. The van der Waals surface area contributed by atoms with E-state index >= 15 is 0 Å². The van der Waals surface area contributed by atoms with E-state index < -0.39 is 0 Å². The van der Waals surface area contributed by atoms with E-state index in [0.717, 1.165) is 17.3 Å². The smallest absolute Gasteiger partial charge is 0.113 e. The number of thioether (sulfide) groups is 1. The second kappa shape index (κ2) is 6.12. The molecule has 2 aromatic rings. The van der Waals surface area contributed by atoms with Crippen LogP contribution in [0.3, 0.4) is 0 Å². The number of hydrogen-bond acceptors (Lipinski definition) is 3. The highest BCUT2D eigenvalue weighted by Gasteiger charge is 2.09. The van der Waals surface area contributed by atoms with Crippen molar-refractivity contribution in [1.29, 1.82) is 0 Å². The third kappa shape index (κ3) is 3.40. The summed E-state index contributed by atoms with van der Waals surface area (Å²) in [5, 5.41) is 0. The molecule has 1 heterocycles. The van der Waals surface area contributed by atoms with Gasteiger partial charge in [0.15, 0.2) is 0 Å². The van der Waals surface area contributed by atoms with Crippen molar-refractivity contribution < 1.29 is 4.42 Å². The summed E-state index contributed by atoms with van der Waals surface area (Å²) in [5.41, 5.74) is 10.0. The van der Waals surface area contributed by atoms with Crippen molar-refractivity contribution in [1.82, 2.24) is 0 Å². The monoisotopic (exact) mass is 261 g/mol. The van der Waals surface area contributed by atoms with Gasteiger partial charge in [-0.05, 0) is 37.1 Å². The molecule has 3 heteroatoms. The minimum absolute atomic E-state index is 0.0885. The first kappa shape index (κ1) is 13.2. The van der Waals surface area contributed by atoms with E-state index in [2.05, 4.69) is 32.0 Å². The molecule has 0 saturated heterocycles. The molecule has 0 aliphatic carbocycles. The maximum atomic E-state index is 6.23. The van der Waals surface area contributed by atoms with Crippen molar-refractivity contribution in [2.75, 3.05) is 5.75 Å². The highest BCUT2D eigenvalue weighted by molar-refractivity contribution is 7.98. The Labute approximate surface area is 113 Å². The molecule has 0 aliphatic rings. The Hall–Kier alpha value is -1.19. The fraction of sp³-hybridized carbons (Fsp3) is 0.333. The van der Waals surface area contributed by atoms with E-state index in [4.69, 9.17) is 10.2 Å². The fourth-order valence-electron chi connectivity index (χ4n) is 2.01. The molecule has 18 heavy (non-hydrogen) atoms. The lowest BCUT2D eigenvalue weighted by Crippen LogP contribution is -2.14. The quantitative estimate of drug-likeness (QED) is 0.889. The average molecular weight is 261 g/mol. The van der Waals surface area contributed by atoms with E-state index in [1.54, 1.807) is 6.26 Å². The molecule has 0 radical (unpaired) electrons. The zero-order valence-corrected chi connectivity index (χ0v) is 11.7. The van der Waals surface area contributed by atoms with E-state index in [0.29, 0.717) is 0 Å². The van der Waals surface area contributed by atoms with Gasteiger partial charge in [0, 0.05) is 11.8 Å². The Morgan fingerprint density at radius 3 is 2.78 bits per heavy atom. The van der Waals surface area contributed by atoms with Crippen LogP contribution in [0.1, 0.15) is 28.5 Å². The van der Waals surface area contributed by atoms with E-state index in [1.165, 1.54) is 16.7 Å². The van der Waals surface area contributed by atoms with Crippen LogP contribution in [-0.4, -0.2) is 5.75 Å². The molecule has 2 nitrogen and oxygen atoms in total. The first-order valence-electron chi connectivity index (χ1n) is 6.09. The van der Waals surface area contributed by atoms with Crippen LogP contribution in [0.5, 0.6) is 0 Å². The highest BCUT2D eigenvalue weighted by Crippen LogP contribution is 2.22. The van der Waals surface area contributed by atoms with Crippen LogP contribution in [0, 0.1) is 13.8 Å². The van der Waals surface area contributed by atoms with Crippen molar-refractivity contribution in [3.8, 4) is 0 Å². The summed E-state index contributed by atoms with van der Waals surface area (Å²) in [7, 11) is 0. The summed E-state index contributed by atoms with van der Waals surface area (Å²) < 4.78 is 5.30. The van der Waals surface area contributed by atoms with Crippen molar-refractivity contribution in [3.05, 3.63) is 59.0 Å². The van der Waals surface area contributed by atoms with Crippen LogP contribution < -0.4 is 5.73 Å². The Bertz CT molecular complexity index is 493. The maximum Gasteiger partial charge on any atom is 0.113 e. The Morgan fingerprint density at radius 2 is 2.11 bits per heavy atom. The van der Waals surface area contributed by atoms with E-state index in [-0.39, 0.29) is 6.04 Å². The predicted molar refractivity (Wildman–Crippen MR) is 77.7 cm³/mol. The molecule has 1 aromatic heterocycles. The summed E-state index contributed by atoms with van der Waals surface area (Å²) >= 11 is 1.81. The highest BCUT2D eigenvalue weighted by atomic mass is 32.2.